The highest BCUT2D eigenvalue weighted by Gasteiger charge is 2.07. The van der Waals surface area contributed by atoms with Crippen LogP contribution in [0.4, 0.5) is 0 Å². The van der Waals surface area contributed by atoms with Crippen LogP contribution in [0.1, 0.15) is 12.5 Å². The van der Waals surface area contributed by atoms with Crippen molar-refractivity contribution >= 4 is 21.5 Å². The number of ether oxygens (including phenoxy) is 1. The molecule has 0 unspecified atom stereocenters. The Labute approximate surface area is 107 Å². The van der Waals surface area contributed by atoms with E-state index in [0.29, 0.717) is 0 Å². The van der Waals surface area contributed by atoms with Crippen molar-refractivity contribution in [2.24, 2.45) is 0 Å². The summed E-state index contributed by atoms with van der Waals surface area (Å²) in [6.45, 7) is 2.18. The van der Waals surface area contributed by atoms with Gasteiger partial charge in [-0.05, 0) is 28.8 Å². The van der Waals surface area contributed by atoms with Crippen LogP contribution in [-0.4, -0.2) is 7.11 Å². The van der Waals surface area contributed by atoms with Crippen molar-refractivity contribution in [3.8, 4) is 5.75 Å². The van der Waals surface area contributed by atoms with Crippen LogP contribution >= 0.6 is 0 Å². The van der Waals surface area contributed by atoms with Gasteiger partial charge < -0.3 is 4.74 Å². The molecule has 90 valence electrons. The van der Waals surface area contributed by atoms with Gasteiger partial charge in [0.05, 0.1) is 7.11 Å². The second kappa shape index (κ2) is 4.34. The third kappa shape index (κ3) is 1.63. The van der Waals surface area contributed by atoms with Crippen LogP contribution in [0.2, 0.25) is 0 Å². The Morgan fingerprint density at radius 2 is 1.67 bits per heavy atom. The lowest BCUT2D eigenvalue weighted by atomic mass is 9.99. The molecule has 0 spiro atoms. The first-order valence-electron chi connectivity index (χ1n) is 6.32. The number of aryl methyl sites for hydroxylation is 1. The summed E-state index contributed by atoms with van der Waals surface area (Å²) in [5, 5.41) is 4.85. The van der Waals surface area contributed by atoms with Crippen LogP contribution in [0.15, 0.2) is 48.5 Å². The molecule has 0 saturated heterocycles. The van der Waals surface area contributed by atoms with Gasteiger partial charge in [0.1, 0.15) is 5.75 Å². The average Bonchev–Trinajstić information content (AvgIpc) is 2.44. The monoisotopic (exact) mass is 236 g/mol. The quantitative estimate of drug-likeness (QED) is 0.592. The molecule has 3 aromatic carbocycles. The average molecular weight is 236 g/mol. The second-order valence-electron chi connectivity index (χ2n) is 4.54. The number of hydrogen-bond acceptors (Lipinski definition) is 1. The van der Waals surface area contributed by atoms with Gasteiger partial charge in [-0.3, -0.25) is 0 Å². The maximum Gasteiger partial charge on any atom is 0.134 e. The number of rotatable bonds is 2. The lowest BCUT2D eigenvalue weighted by molar-refractivity contribution is 0.424. The predicted molar refractivity (Wildman–Crippen MR) is 77.4 cm³/mol. The van der Waals surface area contributed by atoms with Crippen LogP contribution in [0, 0.1) is 0 Å². The number of methoxy groups -OCH3 is 1. The van der Waals surface area contributed by atoms with Gasteiger partial charge in [0.2, 0.25) is 0 Å². The zero-order valence-corrected chi connectivity index (χ0v) is 10.7. The molecule has 1 heteroatoms. The normalized spacial score (nSPS) is 11.0. The van der Waals surface area contributed by atoms with Crippen LogP contribution in [0.3, 0.4) is 0 Å². The Balaban J connectivity index is 2.45. The molecule has 0 radical (unpaired) electrons. The Morgan fingerprint density at radius 1 is 0.889 bits per heavy atom. The summed E-state index contributed by atoms with van der Waals surface area (Å²) < 4.78 is 5.61. The summed E-state index contributed by atoms with van der Waals surface area (Å²) in [4.78, 5) is 0. The fraction of sp³-hybridized carbons (Fsp3) is 0.176. The fourth-order valence-corrected chi connectivity index (χ4v) is 2.52. The number of hydrogen-bond donors (Lipinski definition) is 0. The van der Waals surface area contributed by atoms with Crippen LogP contribution < -0.4 is 4.74 Å². The molecule has 18 heavy (non-hydrogen) atoms. The Bertz CT molecular complexity index is 713. The van der Waals surface area contributed by atoms with Crippen molar-refractivity contribution in [3.05, 3.63) is 54.1 Å². The van der Waals surface area contributed by atoms with E-state index in [1.807, 2.05) is 0 Å². The smallest absolute Gasteiger partial charge is 0.134 e. The molecule has 0 fully saturated rings. The molecule has 0 atom stereocenters. The minimum Gasteiger partial charge on any atom is -0.495 e. The van der Waals surface area contributed by atoms with E-state index in [1.165, 1.54) is 27.1 Å². The molecular weight excluding hydrogens is 220 g/mol. The first-order chi connectivity index (χ1) is 8.83. The summed E-state index contributed by atoms with van der Waals surface area (Å²) >= 11 is 0. The van der Waals surface area contributed by atoms with Gasteiger partial charge >= 0.3 is 0 Å². The minimum atomic E-state index is 0.978. The third-order valence-corrected chi connectivity index (χ3v) is 3.49. The summed E-state index contributed by atoms with van der Waals surface area (Å²) in [5.74, 6) is 0.978. The van der Waals surface area contributed by atoms with Crippen LogP contribution in [-0.2, 0) is 6.42 Å². The standard InChI is InChI=1S/C17H16O/c1-3-12-8-9-16-14(10-12)11-13-6-4-5-7-15(13)17(16)18-2/h4-11H,3H2,1-2H3. The maximum atomic E-state index is 5.61. The SMILES string of the molecule is CCc1ccc2c(OC)c3ccccc3cc2c1. The molecule has 0 saturated carbocycles. The van der Waals surface area contributed by atoms with Crippen molar-refractivity contribution < 1.29 is 4.74 Å². The summed E-state index contributed by atoms with van der Waals surface area (Å²) in [5.41, 5.74) is 1.36. The van der Waals surface area contributed by atoms with E-state index in [1.54, 1.807) is 7.11 Å². The topological polar surface area (TPSA) is 9.23 Å². The summed E-state index contributed by atoms with van der Waals surface area (Å²) in [7, 11) is 1.74. The van der Waals surface area contributed by atoms with Crippen molar-refractivity contribution in [2.45, 2.75) is 13.3 Å². The summed E-state index contributed by atoms with van der Waals surface area (Å²) in [6.07, 6.45) is 1.06. The van der Waals surface area contributed by atoms with Gasteiger partial charge in [-0.1, -0.05) is 49.4 Å². The molecule has 0 heterocycles. The Hall–Kier alpha value is -2.02. The van der Waals surface area contributed by atoms with E-state index >= 15 is 0 Å². The predicted octanol–water partition coefficient (Wildman–Crippen LogP) is 4.56. The van der Waals surface area contributed by atoms with E-state index in [0.717, 1.165) is 12.2 Å². The molecule has 0 aliphatic rings. The molecular formula is C17H16O. The second-order valence-corrected chi connectivity index (χ2v) is 4.54. The number of fused-ring (bicyclic) bond motifs is 2. The maximum absolute atomic E-state index is 5.61. The van der Waals surface area contributed by atoms with Crippen LogP contribution in [0.25, 0.3) is 21.5 Å². The van der Waals surface area contributed by atoms with E-state index < -0.39 is 0 Å². The van der Waals surface area contributed by atoms with Gasteiger partial charge in [-0.15, -0.1) is 0 Å². The summed E-state index contributed by atoms with van der Waals surface area (Å²) in [6, 6.07) is 17.2. The lowest BCUT2D eigenvalue weighted by Gasteiger charge is -2.11. The van der Waals surface area contributed by atoms with Crippen molar-refractivity contribution in [3.63, 3.8) is 0 Å². The Kier molecular flexibility index (Phi) is 2.67. The highest BCUT2D eigenvalue weighted by Crippen LogP contribution is 2.34. The molecule has 0 aromatic heterocycles. The minimum absolute atomic E-state index is 0.978. The lowest BCUT2D eigenvalue weighted by Crippen LogP contribution is -1.89. The van der Waals surface area contributed by atoms with Gasteiger partial charge in [-0.2, -0.15) is 0 Å². The molecule has 0 aliphatic heterocycles. The van der Waals surface area contributed by atoms with E-state index in [4.69, 9.17) is 4.74 Å². The van der Waals surface area contributed by atoms with E-state index in [-0.39, 0.29) is 0 Å². The number of benzene rings is 3. The van der Waals surface area contributed by atoms with Gasteiger partial charge in [0.25, 0.3) is 0 Å². The zero-order chi connectivity index (χ0) is 12.5. The largest absolute Gasteiger partial charge is 0.495 e. The highest BCUT2D eigenvalue weighted by molar-refractivity contribution is 6.05. The van der Waals surface area contributed by atoms with Gasteiger partial charge in [-0.25, -0.2) is 0 Å². The fourth-order valence-electron chi connectivity index (χ4n) is 2.52. The third-order valence-electron chi connectivity index (χ3n) is 3.49. The van der Waals surface area contributed by atoms with Crippen molar-refractivity contribution in [1.29, 1.82) is 0 Å². The molecule has 0 aliphatic carbocycles. The molecule has 1 nitrogen and oxygen atoms in total. The van der Waals surface area contributed by atoms with Crippen molar-refractivity contribution in [1.82, 2.24) is 0 Å². The zero-order valence-electron chi connectivity index (χ0n) is 10.7. The van der Waals surface area contributed by atoms with Crippen LogP contribution in [0.5, 0.6) is 5.75 Å². The molecule has 3 aromatic rings. The molecule has 0 amide bonds. The first-order valence-corrected chi connectivity index (χ1v) is 6.32. The van der Waals surface area contributed by atoms with Crippen molar-refractivity contribution in [2.75, 3.05) is 7.11 Å². The van der Waals surface area contributed by atoms with E-state index in [2.05, 4.69) is 55.5 Å². The first kappa shape index (κ1) is 11.1. The highest BCUT2D eigenvalue weighted by atomic mass is 16.5. The molecule has 3 rings (SSSR count). The van der Waals surface area contributed by atoms with Gasteiger partial charge in [0.15, 0.2) is 0 Å². The molecule has 0 bridgehead atoms. The Morgan fingerprint density at radius 3 is 2.44 bits per heavy atom. The van der Waals surface area contributed by atoms with Gasteiger partial charge in [0, 0.05) is 10.8 Å². The van der Waals surface area contributed by atoms with E-state index in [9.17, 15) is 0 Å². The molecule has 0 N–H and O–H groups in total.